The van der Waals surface area contributed by atoms with E-state index in [1.54, 1.807) is 65.0 Å². The van der Waals surface area contributed by atoms with E-state index in [4.69, 9.17) is 25.7 Å². The first kappa shape index (κ1) is 67.1. The van der Waals surface area contributed by atoms with Crippen LogP contribution in [0.2, 0.25) is 0 Å². The minimum Gasteiger partial charge on any atom is -0.481 e. The van der Waals surface area contributed by atoms with Gasteiger partial charge in [-0.2, -0.15) is 0 Å². The summed E-state index contributed by atoms with van der Waals surface area (Å²) in [7, 11) is 0. The molecule has 0 aromatic rings. The fourth-order valence-corrected chi connectivity index (χ4v) is 9.34. The standard InChI is InChI=1S/C55H93N3O17/c1-32-17-14-19-36(5)51(35(4)16-12-10-8-9-11-13-23-58-54(56)57)74-53(71)37(6)20-15-18-33(2)45(63)29-46(64)38(7)43(61)22-21-34(3)48(66)31-55(72)52(70)47(65)28-42(75-55)27-41(73-50(69)30-49(67)68)25-39(59)24-40(60)26-44(32)62/h8-9,14-15,17-20,33-36,38-48,51-52,59-66,70,72H,10-13,16,21-31H2,1-7H3,(H,67,68)(H4,56,57,58)/b9-8+,18-15+,19-14-,32-17-,37-20-/t33-,34-,35-,36+,38-,39-,40-,41-,42+,43+,44-,45-,46-,47-,48-,51-,52-,55+/m0/s1. The molecule has 2 bridgehead atoms. The number of carbonyl (C=O) groups is 3. The van der Waals surface area contributed by atoms with Gasteiger partial charge in [-0.15, -0.1) is 0 Å². The number of rotatable bonds is 12. The summed E-state index contributed by atoms with van der Waals surface area (Å²) in [6.45, 7) is 12.8. The molecule has 75 heavy (non-hydrogen) atoms. The van der Waals surface area contributed by atoms with E-state index >= 15 is 0 Å². The zero-order valence-corrected chi connectivity index (χ0v) is 45.2. The van der Waals surface area contributed by atoms with Gasteiger partial charge in [0.05, 0.1) is 54.9 Å². The van der Waals surface area contributed by atoms with E-state index in [9.17, 15) is 70.6 Å². The van der Waals surface area contributed by atoms with Gasteiger partial charge in [0.25, 0.3) is 0 Å². The van der Waals surface area contributed by atoms with Crippen LogP contribution in [0.25, 0.3) is 0 Å². The number of carbonyl (C=O) groups excluding carboxylic acids is 2. The Balaban J connectivity index is 2.45. The number of esters is 2. The number of nitrogens with zero attached hydrogens (tertiary/aromatic N) is 1. The molecule has 0 unspecified atom stereocenters. The maximum absolute atomic E-state index is 13.6. The maximum Gasteiger partial charge on any atom is 0.334 e. The summed E-state index contributed by atoms with van der Waals surface area (Å²) in [5.41, 5.74) is 11.6. The molecule has 0 amide bonds. The number of aliphatic hydroxyl groups is 10. The number of hydrogen-bond donors (Lipinski definition) is 13. The summed E-state index contributed by atoms with van der Waals surface area (Å²) < 4.78 is 17.5. The van der Waals surface area contributed by atoms with Crippen LogP contribution in [0.1, 0.15) is 145 Å². The molecule has 18 atom stereocenters. The largest absolute Gasteiger partial charge is 0.481 e. The van der Waals surface area contributed by atoms with E-state index in [1.165, 1.54) is 0 Å². The van der Waals surface area contributed by atoms with Crippen molar-refractivity contribution >= 4 is 23.9 Å². The van der Waals surface area contributed by atoms with Crippen LogP contribution in [0.4, 0.5) is 0 Å². The fraction of sp³-hybridized carbons (Fsp3) is 0.745. The van der Waals surface area contributed by atoms with Crippen molar-refractivity contribution in [3.8, 4) is 0 Å². The first-order valence-corrected chi connectivity index (χ1v) is 26.7. The molecule has 0 aliphatic carbocycles. The van der Waals surface area contributed by atoms with E-state index in [0.717, 1.165) is 32.1 Å². The summed E-state index contributed by atoms with van der Waals surface area (Å²) in [5, 5.41) is 120. The minimum atomic E-state index is -2.52. The van der Waals surface area contributed by atoms with Gasteiger partial charge in [0, 0.05) is 68.4 Å². The Morgan fingerprint density at radius 1 is 0.787 bits per heavy atom. The van der Waals surface area contributed by atoms with Crippen LogP contribution in [0.5, 0.6) is 0 Å². The SMILES string of the molecule is C/C1=C/C=C/[C@H](C)[C@@H](O)C[C@H](O)[C@@H](C)[C@H](O)CC[C@H](C)[C@@H](O)C[C@@]2(O)O[C@H](C[C@@H](OC(=O)CC(=O)O)C[C@@H](O)C[C@H](O)C[C@H](O)/C(C)=C\C=C/[C@@H](C)[C@H]([C@@H](C)CCC/C=C/CCCN=C(N)N)OC1=O)C[C@H](O)[C@@H]2O. The number of unbranched alkanes of at least 4 members (excludes halogenated alkanes) is 2. The lowest BCUT2D eigenvalue weighted by atomic mass is 9.84. The normalized spacial score (nSPS) is 38.0. The van der Waals surface area contributed by atoms with Crippen molar-refractivity contribution in [3.05, 3.63) is 59.8 Å². The molecule has 20 nitrogen and oxygen atoms in total. The highest BCUT2D eigenvalue weighted by Gasteiger charge is 2.50. The second kappa shape index (κ2) is 34.0. The van der Waals surface area contributed by atoms with Gasteiger partial charge in [-0.1, -0.05) is 83.2 Å². The Kier molecular flexibility index (Phi) is 30.4. The number of cyclic esters (lactones) is 1. The molecule has 430 valence electrons. The number of hydrogen-bond acceptors (Lipinski definition) is 17. The van der Waals surface area contributed by atoms with Crippen molar-refractivity contribution in [3.63, 3.8) is 0 Å². The van der Waals surface area contributed by atoms with Gasteiger partial charge < -0.3 is 81.8 Å². The Morgan fingerprint density at radius 2 is 1.41 bits per heavy atom. The molecule has 1 fully saturated rings. The van der Waals surface area contributed by atoms with Gasteiger partial charge in [-0.3, -0.25) is 14.6 Å². The number of aliphatic hydroxyl groups excluding tert-OH is 9. The molecule has 2 rings (SSSR count). The number of allylic oxidation sites excluding steroid dienone is 6. The third-order valence-corrected chi connectivity index (χ3v) is 14.5. The van der Waals surface area contributed by atoms with Crippen LogP contribution in [-0.4, -0.2) is 166 Å². The molecule has 20 heteroatoms. The summed E-state index contributed by atoms with van der Waals surface area (Å²) in [4.78, 5) is 41.5. The summed E-state index contributed by atoms with van der Waals surface area (Å²) in [6.07, 6.45) is 0.718. The van der Waals surface area contributed by atoms with Crippen molar-refractivity contribution in [1.82, 2.24) is 0 Å². The number of aliphatic carboxylic acids is 1. The van der Waals surface area contributed by atoms with Crippen molar-refractivity contribution in [2.75, 3.05) is 6.54 Å². The van der Waals surface area contributed by atoms with Gasteiger partial charge in [-0.25, -0.2) is 4.79 Å². The third-order valence-electron chi connectivity index (χ3n) is 14.5. The lowest BCUT2D eigenvalue weighted by molar-refractivity contribution is -0.333. The summed E-state index contributed by atoms with van der Waals surface area (Å²) in [6, 6.07) is 0. The van der Waals surface area contributed by atoms with Crippen molar-refractivity contribution < 1.29 is 84.8 Å². The third kappa shape index (κ3) is 25.3. The van der Waals surface area contributed by atoms with Crippen LogP contribution < -0.4 is 11.5 Å². The molecule has 0 aromatic carbocycles. The van der Waals surface area contributed by atoms with Crippen LogP contribution in [0, 0.1) is 29.6 Å². The molecule has 2 aliphatic heterocycles. The first-order valence-electron chi connectivity index (χ1n) is 26.7. The number of fused-ring (bicyclic) bond motifs is 2. The molecule has 2 aliphatic rings. The highest BCUT2D eigenvalue weighted by atomic mass is 16.7. The number of carboxylic acid groups (broad SMARTS) is 1. The van der Waals surface area contributed by atoms with Gasteiger partial charge in [0.2, 0.25) is 0 Å². The summed E-state index contributed by atoms with van der Waals surface area (Å²) in [5.74, 6) is -7.78. The fourth-order valence-electron chi connectivity index (χ4n) is 9.34. The average Bonchev–Trinajstić information content (AvgIpc) is 3.31. The van der Waals surface area contributed by atoms with Gasteiger partial charge in [0.15, 0.2) is 11.7 Å². The molecule has 0 aromatic heterocycles. The molecule has 1 saturated heterocycles. The quantitative estimate of drug-likeness (QED) is 0.0333. The maximum atomic E-state index is 13.6. The van der Waals surface area contributed by atoms with E-state index in [2.05, 4.69) is 17.1 Å². The number of aliphatic imine (C=N–C) groups is 1. The van der Waals surface area contributed by atoms with Crippen LogP contribution >= 0.6 is 0 Å². The Labute approximate surface area is 443 Å². The zero-order valence-electron chi connectivity index (χ0n) is 45.2. The lowest BCUT2D eigenvalue weighted by Gasteiger charge is -2.45. The van der Waals surface area contributed by atoms with Crippen molar-refractivity contribution in [1.29, 1.82) is 0 Å². The monoisotopic (exact) mass is 1070 g/mol. The topological polar surface area (TPSA) is 366 Å². The number of nitrogens with two attached hydrogens (primary N) is 2. The molecule has 0 spiro atoms. The molecule has 2 heterocycles. The number of guanidine groups is 1. The highest BCUT2D eigenvalue weighted by Crippen LogP contribution is 2.36. The molecule has 15 N–H and O–H groups in total. The van der Waals surface area contributed by atoms with E-state index in [-0.39, 0.29) is 69.2 Å². The van der Waals surface area contributed by atoms with Crippen molar-refractivity contribution in [2.45, 2.75) is 224 Å². The summed E-state index contributed by atoms with van der Waals surface area (Å²) >= 11 is 0. The Bertz CT molecular complexity index is 1910. The predicted molar refractivity (Wildman–Crippen MR) is 282 cm³/mol. The predicted octanol–water partition coefficient (Wildman–Crippen LogP) is 3.11. The number of carboxylic acids is 1. The van der Waals surface area contributed by atoms with E-state index in [0.29, 0.717) is 17.7 Å². The first-order chi connectivity index (χ1) is 35.1. The van der Waals surface area contributed by atoms with E-state index < -0.39 is 128 Å². The van der Waals surface area contributed by atoms with Gasteiger partial charge in [-0.05, 0) is 82.6 Å². The highest BCUT2D eigenvalue weighted by molar-refractivity contribution is 5.90. The van der Waals surface area contributed by atoms with Crippen molar-refractivity contribution in [2.24, 2.45) is 46.0 Å². The average molecular weight is 1070 g/mol. The van der Waals surface area contributed by atoms with Crippen LogP contribution in [0.3, 0.4) is 0 Å². The van der Waals surface area contributed by atoms with E-state index in [1.807, 2.05) is 19.9 Å². The second-order valence-corrected chi connectivity index (χ2v) is 21.4. The number of ether oxygens (including phenoxy) is 3. The minimum absolute atomic E-state index is 0.0618. The van der Waals surface area contributed by atoms with Gasteiger partial charge >= 0.3 is 17.9 Å². The molecule has 0 saturated carbocycles. The lowest BCUT2D eigenvalue weighted by Crippen LogP contribution is -2.60. The molecule has 0 radical (unpaired) electrons. The zero-order chi connectivity index (χ0) is 56.6. The Hall–Kier alpha value is -4.06. The Morgan fingerprint density at radius 3 is 2.07 bits per heavy atom. The second-order valence-electron chi connectivity index (χ2n) is 21.4. The smallest absolute Gasteiger partial charge is 0.334 e. The van der Waals surface area contributed by atoms with Crippen LogP contribution in [-0.2, 0) is 28.6 Å². The van der Waals surface area contributed by atoms with Gasteiger partial charge in [0.1, 0.15) is 24.7 Å². The van der Waals surface area contributed by atoms with Crippen LogP contribution in [0.15, 0.2) is 64.7 Å². The molecular formula is C55H93N3O17. The molecular weight excluding hydrogens is 975 g/mol.